The zero-order valence-electron chi connectivity index (χ0n) is 12.5. The van der Waals surface area contributed by atoms with Crippen molar-refractivity contribution in [1.82, 2.24) is 0 Å². The van der Waals surface area contributed by atoms with Gasteiger partial charge in [0.2, 0.25) is 0 Å². The van der Waals surface area contributed by atoms with E-state index in [9.17, 15) is 5.11 Å². The molecule has 112 valence electrons. The molecule has 1 spiro atoms. The van der Waals surface area contributed by atoms with Gasteiger partial charge in [0.15, 0.2) is 0 Å². The van der Waals surface area contributed by atoms with Crippen molar-refractivity contribution in [3.8, 4) is 0 Å². The Hall–Kier alpha value is 0.230. The molecular weight excluding hydrogens is 260 g/mol. The molecule has 2 aliphatic rings. The number of rotatable bonds is 4. The smallest absolute Gasteiger partial charge is 0.0701 e. The first kappa shape index (κ1) is 15.6. The summed E-state index contributed by atoms with van der Waals surface area (Å²) in [5.74, 6) is 2.77. The van der Waals surface area contributed by atoms with Crippen LogP contribution >= 0.6 is 11.8 Å². The first-order chi connectivity index (χ1) is 8.96. The quantitative estimate of drug-likeness (QED) is 0.863. The van der Waals surface area contributed by atoms with Crippen LogP contribution in [0, 0.1) is 5.92 Å². The molecule has 1 N–H and O–H groups in total. The van der Waals surface area contributed by atoms with Gasteiger partial charge in [-0.2, -0.15) is 11.8 Å². The van der Waals surface area contributed by atoms with Crippen molar-refractivity contribution in [2.45, 2.75) is 63.3 Å². The lowest BCUT2D eigenvalue weighted by Gasteiger charge is -2.45. The summed E-state index contributed by atoms with van der Waals surface area (Å²) in [4.78, 5) is 0. The molecule has 0 aliphatic carbocycles. The summed E-state index contributed by atoms with van der Waals surface area (Å²) in [6, 6.07) is 0. The highest BCUT2D eigenvalue weighted by Gasteiger charge is 2.41. The molecule has 0 bridgehead atoms. The fourth-order valence-corrected chi connectivity index (χ4v) is 4.48. The van der Waals surface area contributed by atoms with Crippen LogP contribution in [0.3, 0.4) is 0 Å². The van der Waals surface area contributed by atoms with Crippen molar-refractivity contribution >= 4 is 11.8 Å². The predicted octanol–water partition coefficient (Wildman–Crippen LogP) is 2.85. The van der Waals surface area contributed by atoms with Crippen molar-refractivity contribution in [2.75, 3.05) is 25.2 Å². The normalized spacial score (nSPS) is 29.4. The summed E-state index contributed by atoms with van der Waals surface area (Å²) in [6.07, 6.45) is 4.73. The second-order valence-electron chi connectivity index (χ2n) is 6.63. The minimum Gasteiger partial charge on any atom is -0.393 e. The van der Waals surface area contributed by atoms with Gasteiger partial charge in [0, 0.05) is 20.1 Å². The third-order valence-electron chi connectivity index (χ3n) is 4.73. The molecule has 19 heavy (non-hydrogen) atoms. The monoisotopic (exact) mass is 288 g/mol. The summed E-state index contributed by atoms with van der Waals surface area (Å²) >= 11 is 2.02. The number of methoxy groups -OCH3 is 1. The van der Waals surface area contributed by atoms with Crippen molar-refractivity contribution in [1.29, 1.82) is 0 Å². The van der Waals surface area contributed by atoms with Gasteiger partial charge in [-0.3, -0.25) is 0 Å². The van der Waals surface area contributed by atoms with Gasteiger partial charge in [0.1, 0.15) is 0 Å². The number of thioether (sulfide) groups is 1. The van der Waals surface area contributed by atoms with Gasteiger partial charge < -0.3 is 14.6 Å². The summed E-state index contributed by atoms with van der Waals surface area (Å²) < 4.78 is 11.5. The van der Waals surface area contributed by atoms with E-state index in [0.29, 0.717) is 12.3 Å². The van der Waals surface area contributed by atoms with Crippen molar-refractivity contribution < 1.29 is 14.6 Å². The lowest BCUT2D eigenvalue weighted by Crippen LogP contribution is -2.46. The lowest BCUT2D eigenvalue weighted by atomic mass is 9.77. The van der Waals surface area contributed by atoms with Crippen LogP contribution < -0.4 is 0 Å². The van der Waals surface area contributed by atoms with E-state index in [4.69, 9.17) is 9.47 Å². The molecule has 0 radical (unpaired) electrons. The Labute approximate surface area is 121 Å². The highest BCUT2D eigenvalue weighted by atomic mass is 32.2. The van der Waals surface area contributed by atoms with E-state index >= 15 is 0 Å². The van der Waals surface area contributed by atoms with E-state index in [1.165, 1.54) is 11.5 Å². The van der Waals surface area contributed by atoms with Crippen molar-refractivity contribution in [3.63, 3.8) is 0 Å². The molecule has 3 nitrogen and oxygen atoms in total. The van der Waals surface area contributed by atoms with Crippen molar-refractivity contribution in [3.05, 3.63) is 0 Å². The Kier molecular flexibility index (Phi) is 5.21. The molecule has 2 heterocycles. The van der Waals surface area contributed by atoms with E-state index in [-0.39, 0.29) is 17.3 Å². The number of hydrogen-bond donors (Lipinski definition) is 1. The predicted molar refractivity (Wildman–Crippen MR) is 79.7 cm³/mol. The van der Waals surface area contributed by atoms with Gasteiger partial charge in [-0.05, 0) is 57.0 Å². The molecule has 2 unspecified atom stereocenters. The molecule has 0 aromatic carbocycles. The third-order valence-corrected chi connectivity index (χ3v) is 5.72. The van der Waals surface area contributed by atoms with Crippen LogP contribution in [-0.4, -0.2) is 47.6 Å². The summed E-state index contributed by atoms with van der Waals surface area (Å²) in [5, 5.41) is 10.5. The van der Waals surface area contributed by atoms with Crippen LogP contribution in [0.5, 0.6) is 0 Å². The van der Waals surface area contributed by atoms with E-state index in [1.54, 1.807) is 7.11 Å². The Balaban J connectivity index is 1.93. The van der Waals surface area contributed by atoms with Gasteiger partial charge in [0.05, 0.1) is 17.3 Å². The standard InChI is InChI=1S/C15H28O3S/c1-14(2,17-3)11-13(16)12-4-7-18-15(10-12)5-8-19-9-6-15/h12-13,16H,4-11H2,1-3H3. The fraction of sp³-hybridized carbons (Fsp3) is 1.00. The van der Waals surface area contributed by atoms with Gasteiger partial charge in [-0.1, -0.05) is 0 Å². The average Bonchev–Trinajstić information content (AvgIpc) is 2.39. The van der Waals surface area contributed by atoms with E-state index in [2.05, 4.69) is 0 Å². The van der Waals surface area contributed by atoms with Gasteiger partial charge in [0.25, 0.3) is 0 Å². The molecule has 0 amide bonds. The summed E-state index contributed by atoms with van der Waals surface area (Å²) in [5.41, 5.74) is -0.181. The maximum atomic E-state index is 10.5. The van der Waals surface area contributed by atoms with Crippen LogP contribution in [0.2, 0.25) is 0 Å². The van der Waals surface area contributed by atoms with Crippen LogP contribution in [0.4, 0.5) is 0 Å². The molecule has 0 aromatic rings. The maximum absolute atomic E-state index is 10.5. The molecule has 0 aromatic heterocycles. The molecule has 0 saturated carbocycles. The highest BCUT2D eigenvalue weighted by Crippen LogP contribution is 2.41. The van der Waals surface area contributed by atoms with E-state index < -0.39 is 0 Å². The first-order valence-electron chi connectivity index (χ1n) is 7.41. The summed E-state index contributed by atoms with van der Waals surface area (Å²) in [7, 11) is 1.72. The molecule has 2 aliphatic heterocycles. The zero-order chi connectivity index (χ0) is 13.9. The Morgan fingerprint density at radius 2 is 2.11 bits per heavy atom. The first-order valence-corrected chi connectivity index (χ1v) is 8.57. The van der Waals surface area contributed by atoms with E-state index in [1.807, 2.05) is 25.6 Å². The number of ether oxygens (including phenoxy) is 2. The average molecular weight is 288 g/mol. The Bertz CT molecular complexity index is 282. The second kappa shape index (κ2) is 6.33. The molecule has 4 heteroatoms. The molecule has 2 rings (SSSR count). The van der Waals surface area contributed by atoms with Crippen LogP contribution in [-0.2, 0) is 9.47 Å². The molecule has 2 fully saturated rings. The van der Waals surface area contributed by atoms with Crippen LogP contribution in [0.25, 0.3) is 0 Å². The largest absolute Gasteiger partial charge is 0.393 e. The van der Waals surface area contributed by atoms with Crippen LogP contribution in [0.15, 0.2) is 0 Å². The number of hydrogen-bond acceptors (Lipinski definition) is 4. The highest BCUT2D eigenvalue weighted by molar-refractivity contribution is 7.99. The SMILES string of the molecule is COC(C)(C)CC(O)C1CCOC2(CCSCC2)C1. The second-order valence-corrected chi connectivity index (χ2v) is 7.86. The Morgan fingerprint density at radius 1 is 1.42 bits per heavy atom. The summed E-state index contributed by atoms with van der Waals surface area (Å²) in [6.45, 7) is 4.89. The minimum atomic E-state index is -0.273. The number of aliphatic hydroxyl groups is 1. The topological polar surface area (TPSA) is 38.7 Å². The number of aliphatic hydroxyl groups excluding tert-OH is 1. The molecule has 2 atom stereocenters. The Morgan fingerprint density at radius 3 is 2.74 bits per heavy atom. The van der Waals surface area contributed by atoms with E-state index in [0.717, 1.165) is 32.3 Å². The van der Waals surface area contributed by atoms with Crippen molar-refractivity contribution in [2.24, 2.45) is 5.92 Å². The van der Waals surface area contributed by atoms with Crippen LogP contribution in [0.1, 0.15) is 46.0 Å². The molecule has 2 saturated heterocycles. The van der Waals surface area contributed by atoms with Gasteiger partial charge in [-0.25, -0.2) is 0 Å². The molecular formula is C15H28O3S. The van der Waals surface area contributed by atoms with Gasteiger partial charge >= 0.3 is 0 Å². The zero-order valence-corrected chi connectivity index (χ0v) is 13.3. The third kappa shape index (κ3) is 4.10. The lowest BCUT2D eigenvalue weighted by molar-refractivity contribution is -0.129. The minimum absolute atomic E-state index is 0.0619. The fourth-order valence-electron chi connectivity index (χ4n) is 3.24. The maximum Gasteiger partial charge on any atom is 0.0701 e. The van der Waals surface area contributed by atoms with Gasteiger partial charge in [-0.15, -0.1) is 0 Å².